The second kappa shape index (κ2) is 13.7. The van der Waals surface area contributed by atoms with Crippen molar-refractivity contribution in [3.05, 3.63) is 0 Å². The van der Waals surface area contributed by atoms with Crippen LogP contribution < -0.4 is 0 Å². The van der Waals surface area contributed by atoms with Crippen LogP contribution in [0, 0.1) is 0 Å². The first-order chi connectivity index (χ1) is 10.9. The van der Waals surface area contributed by atoms with Crippen molar-refractivity contribution in [3.63, 3.8) is 0 Å². The number of aliphatic hydroxyl groups is 5. The standard InChI is InChI=1S/C16H32O7/c1-2-3-4-5-6-7-8-9-14(20)23-11-13(19)16(22)15(21)12(18)10-17/h12-13,15-19,21-22H,2-11H2,1H3/t12-,13+,15-,16-/m1/s1. The molecule has 0 saturated carbocycles. The van der Waals surface area contributed by atoms with Crippen LogP contribution in [-0.4, -0.2) is 69.1 Å². The highest BCUT2D eigenvalue weighted by atomic mass is 16.5. The summed E-state index contributed by atoms with van der Waals surface area (Å²) in [4.78, 5) is 11.5. The number of hydrogen-bond donors (Lipinski definition) is 5. The minimum atomic E-state index is -1.71. The van der Waals surface area contributed by atoms with E-state index in [1.807, 2.05) is 0 Å². The van der Waals surface area contributed by atoms with Crippen LogP contribution in [0.5, 0.6) is 0 Å². The molecule has 0 aliphatic rings. The molecule has 0 amide bonds. The van der Waals surface area contributed by atoms with E-state index in [1.165, 1.54) is 25.7 Å². The van der Waals surface area contributed by atoms with Crippen LogP contribution in [0.1, 0.15) is 58.3 Å². The monoisotopic (exact) mass is 336 g/mol. The molecule has 0 aliphatic heterocycles. The van der Waals surface area contributed by atoms with E-state index in [-0.39, 0.29) is 6.42 Å². The molecule has 0 aromatic heterocycles. The molecule has 5 N–H and O–H groups in total. The topological polar surface area (TPSA) is 127 Å². The van der Waals surface area contributed by atoms with E-state index in [1.54, 1.807) is 0 Å². The van der Waals surface area contributed by atoms with Gasteiger partial charge in [0.15, 0.2) is 0 Å². The van der Waals surface area contributed by atoms with Gasteiger partial charge in [0, 0.05) is 6.42 Å². The van der Waals surface area contributed by atoms with Gasteiger partial charge in [0.05, 0.1) is 6.61 Å². The predicted octanol–water partition coefficient (Wildman–Crippen LogP) is 0.106. The third-order valence-electron chi connectivity index (χ3n) is 3.72. The number of carbonyl (C=O) groups is 1. The first-order valence-electron chi connectivity index (χ1n) is 8.42. The lowest BCUT2D eigenvalue weighted by molar-refractivity contribution is -0.156. The fourth-order valence-electron chi connectivity index (χ4n) is 2.14. The Hall–Kier alpha value is -0.730. The van der Waals surface area contributed by atoms with E-state index >= 15 is 0 Å². The maximum absolute atomic E-state index is 11.5. The molecule has 0 saturated heterocycles. The Balaban J connectivity index is 3.75. The molecule has 0 aromatic rings. The highest BCUT2D eigenvalue weighted by Crippen LogP contribution is 2.10. The predicted molar refractivity (Wildman–Crippen MR) is 84.7 cm³/mol. The molecular formula is C16H32O7. The summed E-state index contributed by atoms with van der Waals surface area (Å²) in [5.74, 6) is -0.470. The van der Waals surface area contributed by atoms with Gasteiger partial charge >= 0.3 is 5.97 Å². The van der Waals surface area contributed by atoms with Crippen LogP contribution in [0.2, 0.25) is 0 Å². The second-order valence-corrected chi connectivity index (χ2v) is 5.85. The van der Waals surface area contributed by atoms with Crippen molar-refractivity contribution in [2.45, 2.75) is 82.7 Å². The van der Waals surface area contributed by atoms with E-state index in [2.05, 4.69) is 6.92 Å². The number of aliphatic hydroxyl groups excluding tert-OH is 5. The molecule has 0 aliphatic carbocycles. The molecule has 0 aromatic carbocycles. The Labute approximate surface area is 137 Å². The summed E-state index contributed by atoms with van der Waals surface area (Å²) < 4.78 is 4.83. The van der Waals surface area contributed by atoms with Crippen molar-refractivity contribution in [2.24, 2.45) is 0 Å². The Morgan fingerprint density at radius 3 is 1.96 bits per heavy atom. The summed E-state index contributed by atoms with van der Waals surface area (Å²) in [6, 6.07) is 0. The summed E-state index contributed by atoms with van der Waals surface area (Å²) in [6.45, 7) is 0.944. The summed E-state index contributed by atoms with van der Waals surface area (Å²) in [6.07, 6.45) is 1.31. The van der Waals surface area contributed by atoms with Crippen molar-refractivity contribution < 1.29 is 35.1 Å². The number of carbonyl (C=O) groups excluding carboxylic acids is 1. The van der Waals surface area contributed by atoms with Gasteiger partial charge in [-0.05, 0) is 6.42 Å². The Bertz CT molecular complexity index is 298. The van der Waals surface area contributed by atoms with Gasteiger partial charge in [0.25, 0.3) is 0 Å². The molecular weight excluding hydrogens is 304 g/mol. The van der Waals surface area contributed by atoms with Crippen molar-refractivity contribution in [3.8, 4) is 0 Å². The van der Waals surface area contributed by atoms with Crippen LogP contribution in [-0.2, 0) is 9.53 Å². The molecule has 4 atom stereocenters. The molecule has 0 spiro atoms. The minimum absolute atomic E-state index is 0.248. The van der Waals surface area contributed by atoms with Crippen LogP contribution in [0.4, 0.5) is 0 Å². The van der Waals surface area contributed by atoms with Crippen LogP contribution in [0.15, 0.2) is 0 Å². The lowest BCUT2D eigenvalue weighted by Gasteiger charge is -2.25. The molecule has 0 heterocycles. The van der Waals surface area contributed by atoms with Gasteiger partial charge in [-0.15, -0.1) is 0 Å². The first-order valence-corrected chi connectivity index (χ1v) is 8.42. The zero-order valence-electron chi connectivity index (χ0n) is 13.9. The summed E-state index contributed by atoms with van der Waals surface area (Å²) >= 11 is 0. The average Bonchev–Trinajstić information content (AvgIpc) is 2.56. The molecule has 7 heteroatoms. The molecule has 138 valence electrons. The maximum Gasteiger partial charge on any atom is 0.305 e. The molecule has 0 unspecified atom stereocenters. The van der Waals surface area contributed by atoms with Crippen LogP contribution in [0.25, 0.3) is 0 Å². The molecule has 0 rings (SSSR count). The van der Waals surface area contributed by atoms with E-state index < -0.39 is 43.6 Å². The minimum Gasteiger partial charge on any atom is -0.463 e. The average molecular weight is 336 g/mol. The van der Waals surface area contributed by atoms with Gasteiger partial charge in [-0.1, -0.05) is 45.4 Å². The van der Waals surface area contributed by atoms with E-state index in [0.29, 0.717) is 0 Å². The largest absolute Gasteiger partial charge is 0.463 e. The van der Waals surface area contributed by atoms with Crippen molar-refractivity contribution in [2.75, 3.05) is 13.2 Å². The highest BCUT2D eigenvalue weighted by molar-refractivity contribution is 5.69. The molecule has 0 bridgehead atoms. The van der Waals surface area contributed by atoms with Crippen LogP contribution in [0.3, 0.4) is 0 Å². The molecule has 0 radical (unpaired) electrons. The van der Waals surface area contributed by atoms with Crippen LogP contribution >= 0.6 is 0 Å². The van der Waals surface area contributed by atoms with E-state index in [4.69, 9.17) is 14.9 Å². The number of esters is 1. The normalized spacial score (nSPS) is 16.6. The second-order valence-electron chi connectivity index (χ2n) is 5.85. The lowest BCUT2D eigenvalue weighted by atomic mass is 10.0. The highest BCUT2D eigenvalue weighted by Gasteiger charge is 2.30. The van der Waals surface area contributed by atoms with Crippen molar-refractivity contribution in [1.29, 1.82) is 0 Å². The van der Waals surface area contributed by atoms with Gasteiger partial charge in [-0.2, -0.15) is 0 Å². The van der Waals surface area contributed by atoms with Gasteiger partial charge in [-0.3, -0.25) is 4.79 Å². The van der Waals surface area contributed by atoms with Crippen molar-refractivity contribution in [1.82, 2.24) is 0 Å². The maximum atomic E-state index is 11.5. The van der Waals surface area contributed by atoms with Gasteiger partial charge < -0.3 is 30.3 Å². The fourth-order valence-corrected chi connectivity index (χ4v) is 2.14. The zero-order valence-corrected chi connectivity index (χ0v) is 13.9. The summed E-state index contributed by atoms with van der Waals surface area (Å²) in [5, 5.41) is 46.4. The number of rotatable bonds is 14. The van der Waals surface area contributed by atoms with Crippen molar-refractivity contribution >= 4 is 5.97 Å². The number of ether oxygens (including phenoxy) is 1. The summed E-state index contributed by atoms with van der Waals surface area (Å²) in [5.41, 5.74) is 0. The molecule has 7 nitrogen and oxygen atoms in total. The Morgan fingerprint density at radius 1 is 0.870 bits per heavy atom. The van der Waals surface area contributed by atoms with E-state index in [9.17, 15) is 20.1 Å². The summed E-state index contributed by atoms with van der Waals surface area (Å²) in [7, 11) is 0. The quantitative estimate of drug-likeness (QED) is 0.225. The smallest absolute Gasteiger partial charge is 0.305 e. The van der Waals surface area contributed by atoms with Gasteiger partial charge in [0.2, 0.25) is 0 Å². The lowest BCUT2D eigenvalue weighted by Crippen LogP contribution is -2.47. The molecule has 23 heavy (non-hydrogen) atoms. The Kier molecular flexibility index (Phi) is 13.3. The Morgan fingerprint density at radius 2 is 1.39 bits per heavy atom. The van der Waals surface area contributed by atoms with Gasteiger partial charge in [-0.25, -0.2) is 0 Å². The first kappa shape index (κ1) is 22.3. The number of unbranched alkanes of at least 4 members (excludes halogenated alkanes) is 6. The zero-order chi connectivity index (χ0) is 17.7. The number of hydrogen-bond acceptors (Lipinski definition) is 7. The fraction of sp³-hybridized carbons (Fsp3) is 0.938. The van der Waals surface area contributed by atoms with E-state index in [0.717, 1.165) is 19.3 Å². The third-order valence-corrected chi connectivity index (χ3v) is 3.72. The SMILES string of the molecule is CCCCCCCCCC(=O)OC[C@H](O)[C@@H](O)[C@H](O)[C@H](O)CO. The molecule has 0 fully saturated rings. The van der Waals surface area contributed by atoms with Gasteiger partial charge in [0.1, 0.15) is 31.0 Å². The third kappa shape index (κ3) is 10.6.